The summed E-state index contributed by atoms with van der Waals surface area (Å²) in [5.74, 6) is -2.73. The van der Waals surface area contributed by atoms with Crippen molar-refractivity contribution >= 4 is 5.97 Å². The summed E-state index contributed by atoms with van der Waals surface area (Å²) in [7, 11) is 0. The van der Waals surface area contributed by atoms with Gasteiger partial charge in [0.15, 0.2) is 0 Å². The van der Waals surface area contributed by atoms with Crippen LogP contribution in [0.4, 0.5) is 13.2 Å². The van der Waals surface area contributed by atoms with E-state index in [1.807, 2.05) is 0 Å². The van der Waals surface area contributed by atoms with Gasteiger partial charge < -0.3 is 9.52 Å². The maximum absolute atomic E-state index is 12.5. The van der Waals surface area contributed by atoms with E-state index in [0.29, 0.717) is 11.1 Å². The van der Waals surface area contributed by atoms with E-state index in [1.165, 1.54) is 0 Å². The number of aromatic carboxylic acids is 1. The lowest BCUT2D eigenvalue weighted by Gasteiger charge is -2.23. The van der Waals surface area contributed by atoms with Crippen LogP contribution < -0.4 is 0 Å². The summed E-state index contributed by atoms with van der Waals surface area (Å²) in [6.45, 7) is 1.57. The first-order chi connectivity index (χ1) is 7.80. The zero-order chi connectivity index (χ0) is 12.8. The van der Waals surface area contributed by atoms with Gasteiger partial charge in [0, 0.05) is 12.0 Å². The molecule has 6 heteroatoms. The molecule has 1 heterocycles. The lowest BCUT2D eigenvalue weighted by molar-refractivity contribution is -0.178. The molecular formula is C11H11F3O3. The molecule has 0 fully saturated rings. The van der Waals surface area contributed by atoms with Gasteiger partial charge >= 0.3 is 12.1 Å². The first kappa shape index (κ1) is 12.0. The second kappa shape index (κ2) is 3.78. The van der Waals surface area contributed by atoms with Crippen LogP contribution in [0, 0.1) is 12.8 Å². The first-order valence-electron chi connectivity index (χ1n) is 5.22. The molecule has 1 aromatic rings. The van der Waals surface area contributed by atoms with E-state index in [9.17, 15) is 18.0 Å². The average Bonchev–Trinajstić information content (AvgIpc) is 2.54. The van der Waals surface area contributed by atoms with Gasteiger partial charge in [-0.15, -0.1) is 0 Å². The van der Waals surface area contributed by atoms with Crippen LogP contribution in [0.1, 0.15) is 33.9 Å². The number of furan rings is 1. The Morgan fingerprint density at radius 1 is 1.47 bits per heavy atom. The number of carboxylic acid groups (broad SMARTS) is 1. The molecule has 0 saturated carbocycles. The summed E-state index contributed by atoms with van der Waals surface area (Å²) < 4.78 is 42.7. The largest absolute Gasteiger partial charge is 0.475 e. The Kier molecular flexibility index (Phi) is 2.67. The van der Waals surface area contributed by atoms with E-state index >= 15 is 0 Å². The van der Waals surface area contributed by atoms with Gasteiger partial charge in [-0.1, -0.05) is 0 Å². The minimum atomic E-state index is -4.25. The van der Waals surface area contributed by atoms with E-state index < -0.39 is 18.1 Å². The Hall–Kier alpha value is -1.46. The van der Waals surface area contributed by atoms with E-state index in [-0.39, 0.29) is 30.8 Å². The molecule has 0 radical (unpaired) electrons. The number of carboxylic acids is 1. The van der Waals surface area contributed by atoms with Gasteiger partial charge in [-0.2, -0.15) is 13.2 Å². The van der Waals surface area contributed by atoms with Gasteiger partial charge in [0.1, 0.15) is 5.76 Å². The lowest BCUT2D eigenvalue weighted by Crippen LogP contribution is -2.28. The highest BCUT2D eigenvalue weighted by Crippen LogP contribution is 2.39. The fraction of sp³-hybridized carbons (Fsp3) is 0.545. The number of hydrogen-bond donors (Lipinski definition) is 1. The third kappa shape index (κ3) is 2.03. The average molecular weight is 248 g/mol. The van der Waals surface area contributed by atoms with Crippen molar-refractivity contribution in [2.45, 2.75) is 32.4 Å². The maximum Gasteiger partial charge on any atom is 0.392 e. The molecule has 0 bridgehead atoms. The van der Waals surface area contributed by atoms with Gasteiger partial charge in [0.25, 0.3) is 0 Å². The second-order valence-electron chi connectivity index (χ2n) is 4.24. The summed E-state index contributed by atoms with van der Waals surface area (Å²) in [5.41, 5.74) is 1.08. The Bertz CT molecular complexity index is 459. The minimum Gasteiger partial charge on any atom is -0.475 e. The van der Waals surface area contributed by atoms with E-state index in [1.54, 1.807) is 6.92 Å². The fourth-order valence-electron chi connectivity index (χ4n) is 2.23. The molecule has 94 valence electrons. The van der Waals surface area contributed by atoms with Crippen LogP contribution in [0.2, 0.25) is 0 Å². The summed E-state index contributed by atoms with van der Waals surface area (Å²) in [6.07, 6.45) is -4.28. The van der Waals surface area contributed by atoms with Crippen molar-refractivity contribution in [3.8, 4) is 0 Å². The molecule has 1 atom stereocenters. The zero-order valence-corrected chi connectivity index (χ0v) is 9.10. The van der Waals surface area contributed by atoms with E-state index in [0.717, 1.165) is 0 Å². The summed E-state index contributed by atoms with van der Waals surface area (Å²) in [6, 6.07) is 0. The number of alkyl halides is 3. The monoisotopic (exact) mass is 248 g/mol. The molecule has 17 heavy (non-hydrogen) atoms. The molecule has 1 N–H and O–H groups in total. The Labute approximate surface area is 95.2 Å². The summed E-state index contributed by atoms with van der Waals surface area (Å²) in [4.78, 5) is 10.8. The van der Waals surface area contributed by atoms with Crippen LogP contribution in [-0.2, 0) is 12.8 Å². The predicted octanol–water partition coefficient (Wildman–Crippen LogP) is 2.95. The molecule has 0 spiro atoms. The van der Waals surface area contributed by atoms with Crippen LogP contribution in [-0.4, -0.2) is 17.3 Å². The Balaban J connectivity index is 2.34. The molecular weight excluding hydrogens is 237 g/mol. The van der Waals surface area contributed by atoms with Gasteiger partial charge in [0.05, 0.1) is 5.92 Å². The molecule has 1 aromatic heterocycles. The molecule has 0 aromatic carbocycles. The van der Waals surface area contributed by atoms with Crippen molar-refractivity contribution in [1.29, 1.82) is 0 Å². The van der Waals surface area contributed by atoms with Crippen LogP contribution in [0.15, 0.2) is 4.42 Å². The third-order valence-corrected chi connectivity index (χ3v) is 3.19. The van der Waals surface area contributed by atoms with Gasteiger partial charge in [-0.25, -0.2) is 4.79 Å². The summed E-state index contributed by atoms with van der Waals surface area (Å²) >= 11 is 0. The molecule has 1 aliphatic carbocycles. The SMILES string of the molecule is Cc1c(C(=O)O)oc2c1CC[C@@H](C(F)(F)F)C2. The highest BCUT2D eigenvalue weighted by molar-refractivity contribution is 5.86. The van der Waals surface area contributed by atoms with Crippen molar-refractivity contribution in [3.63, 3.8) is 0 Å². The van der Waals surface area contributed by atoms with Crippen molar-refractivity contribution < 1.29 is 27.5 Å². The zero-order valence-electron chi connectivity index (χ0n) is 9.10. The molecule has 0 aliphatic heterocycles. The van der Waals surface area contributed by atoms with Gasteiger partial charge in [-0.3, -0.25) is 0 Å². The van der Waals surface area contributed by atoms with E-state index in [4.69, 9.17) is 9.52 Å². The molecule has 0 amide bonds. The third-order valence-electron chi connectivity index (χ3n) is 3.19. The number of carbonyl (C=O) groups is 1. The van der Waals surface area contributed by atoms with Crippen molar-refractivity contribution in [2.24, 2.45) is 5.92 Å². The second-order valence-corrected chi connectivity index (χ2v) is 4.24. The Morgan fingerprint density at radius 3 is 2.65 bits per heavy atom. The number of fused-ring (bicyclic) bond motifs is 1. The molecule has 3 nitrogen and oxygen atoms in total. The standard InChI is InChI=1S/C11H11F3O3/c1-5-7-3-2-6(11(12,13)14)4-8(7)17-9(5)10(15)16/h6H,2-4H2,1H3,(H,15,16)/t6-/m1/s1. The smallest absolute Gasteiger partial charge is 0.392 e. The minimum absolute atomic E-state index is 0.00404. The summed E-state index contributed by atoms with van der Waals surface area (Å²) in [5, 5.41) is 8.82. The maximum atomic E-state index is 12.5. The molecule has 0 saturated heterocycles. The highest BCUT2D eigenvalue weighted by Gasteiger charge is 2.43. The lowest BCUT2D eigenvalue weighted by atomic mass is 9.86. The predicted molar refractivity (Wildman–Crippen MR) is 52.0 cm³/mol. The topological polar surface area (TPSA) is 50.4 Å². The normalized spacial score (nSPS) is 20.1. The number of halogens is 3. The van der Waals surface area contributed by atoms with Crippen molar-refractivity contribution in [3.05, 3.63) is 22.6 Å². The fourth-order valence-corrected chi connectivity index (χ4v) is 2.23. The molecule has 0 unspecified atom stereocenters. The van der Waals surface area contributed by atoms with Crippen LogP contribution in [0.3, 0.4) is 0 Å². The first-order valence-corrected chi connectivity index (χ1v) is 5.22. The van der Waals surface area contributed by atoms with Crippen LogP contribution in [0.25, 0.3) is 0 Å². The Morgan fingerprint density at radius 2 is 2.12 bits per heavy atom. The van der Waals surface area contributed by atoms with Crippen molar-refractivity contribution in [1.82, 2.24) is 0 Å². The van der Waals surface area contributed by atoms with Crippen LogP contribution in [0.5, 0.6) is 0 Å². The number of rotatable bonds is 1. The highest BCUT2D eigenvalue weighted by atomic mass is 19.4. The van der Waals surface area contributed by atoms with E-state index in [2.05, 4.69) is 0 Å². The molecule has 2 rings (SSSR count). The van der Waals surface area contributed by atoms with Gasteiger partial charge in [0.2, 0.25) is 5.76 Å². The van der Waals surface area contributed by atoms with Gasteiger partial charge in [-0.05, 0) is 25.3 Å². The van der Waals surface area contributed by atoms with Crippen LogP contribution >= 0.6 is 0 Å². The quantitative estimate of drug-likeness (QED) is 0.831. The van der Waals surface area contributed by atoms with Crippen molar-refractivity contribution in [2.75, 3.05) is 0 Å². The number of hydrogen-bond acceptors (Lipinski definition) is 2. The molecule has 1 aliphatic rings.